The van der Waals surface area contributed by atoms with E-state index in [1.165, 1.54) is 19.2 Å². The average molecular weight is 434 g/mol. The fourth-order valence-corrected chi connectivity index (χ4v) is 3.87. The SMILES string of the molecule is CC[C@@H](C)N(Cc1ccc(OS(=O)(=O)c2ccc(OC)cc2)cc1)C(=O)CC(C)C. The molecule has 2 aromatic carbocycles. The Labute approximate surface area is 179 Å². The van der Waals surface area contributed by atoms with Crippen molar-refractivity contribution in [3.63, 3.8) is 0 Å². The monoisotopic (exact) mass is 433 g/mol. The number of carbonyl (C=O) groups excluding carboxylic acids is 1. The lowest BCUT2D eigenvalue weighted by atomic mass is 10.1. The van der Waals surface area contributed by atoms with Gasteiger partial charge in [0.2, 0.25) is 5.91 Å². The van der Waals surface area contributed by atoms with Gasteiger partial charge in [-0.2, -0.15) is 8.42 Å². The van der Waals surface area contributed by atoms with Crippen molar-refractivity contribution in [2.45, 2.75) is 58.0 Å². The largest absolute Gasteiger partial charge is 0.497 e. The summed E-state index contributed by atoms with van der Waals surface area (Å²) in [6.45, 7) is 8.63. The van der Waals surface area contributed by atoms with Gasteiger partial charge in [0, 0.05) is 19.0 Å². The summed E-state index contributed by atoms with van der Waals surface area (Å²) >= 11 is 0. The molecule has 1 atom stereocenters. The quantitative estimate of drug-likeness (QED) is 0.511. The van der Waals surface area contributed by atoms with Crippen LogP contribution in [0, 0.1) is 5.92 Å². The van der Waals surface area contributed by atoms with Gasteiger partial charge in [-0.05, 0) is 61.2 Å². The molecule has 7 heteroatoms. The van der Waals surface area contributed by atoms with Gasteiger partial charge in [-0.3, -0.25) is 4.79 Å². The number of methoxy groups -OCH3 is 1. The molecular weight excluding hydrogens is 402 g/mol. The Hall–Kier alpha value is -2.54. The van der Waals surface area contributed by atoms with Gasteiger partial charge >= 0.3 is 10.1 Å². The number of hydrogen-bond donors (Lipinski definition) is 0. The van der Waals surface area contributed by atoms with E-state index < -0.39 is 10.1 Å². The molecule has 0 aliphatic heterocycles. The van der Waals surface area contributed by atoms with Crippen LogP contribution in [0.5, 0.6) is 11.5 Å². The lowest BCUT2D eigenvalue weighted by molar-refractivity contribution is -0.134. The molecule has 6 nitrogen and oxygen atoms in total. The Morgan fingerprint density at radius 1 is 0.967 bits per heavy atom. The van der Waals surface area contributed by atoms with Gasteiger partial charge in [-0.15, -0.1) is 0 Å². The van der Waals surface area contributed by atoms with E-state index in [-0.39, 0.29) is 22.6 Å². The first-order chi connectivity index (χ1) is 14.2. The van der Waals surface area contributed by atoms with Crippen molar-refractivity contribution >= 4 is 16.0 Å². The van der Waals surface area contributed by atoms with E-state index in [4.69, 9.17) is 8.92 Å². The molecule has 0 N–H and O–H groups in total. The van der Waals surface area contributed by atoms with Crippen molar-refractivity contribution in [1.29, 1.82) is 0 Å². The zero-order valence-corrected chi connectivity index (χ0v) is 19.1. The Balaban J connectivity index is 2.11. The molecule has 0 spiro atoms. The van der Waals surface area contributed by atoms with Crippen molar-refractivity contribution in [1.82, 2.24) is 4.90 Å². The van der Waals surface area contributed by atoms with Crippen LogP contribution in [0.3, 0.4) is 0 Å². The second-order valence-corrected chi connectivity index (χ2v) is 9.28. The average Bonchev–Trinajstić information content (AvgIpc) is 2.71. The van der Waals surface area contributed by atoms with E-state index in [2.05, 4.69) is 6.92 Å². The highest BCUT2D eigenvalue weighted by atomic mass is 32.2. The number of rotatable bonds is 10. The molecule has 0 heterocycles. The maximum atomic E-state index is 12.6. The van der Waals surface area contributed by atoms with Crippen molar-refractivity contribution < 1.29 is 22.1 Å². The topological polar surface area (TPSA) is 72.9 Å². The first kappa shape index (κ1) is 23.7. The summed E-state index contributed by atoms with van der Waals surface area (Å²) < 4.78 is 35.2. The molecule has 0 aliphatic rings. The molecule has 0 fully saturated rings. The molecule has 0 aromatic heterocycles. The summed E-state index contributed by atoms with van der Waals surface area (Å²) in [5.74, 6) is 1.21. The van der Waals surface area contributed by atoms with Gasteiger partial charge in [0.25, 0.3) is 0 Å². The number of benzene rings is 2. The van der Waals surface area contributed by atoms with E-state index in [1.807, 2.05) is 25.7 Å². The van der Waals surface area contributed by atoms with Gasteiger partial charge in [-0.25, -0.2) is 0 Å². The van der Waals surface area contributed by atoms with Gasteiger partial charge in [0.1, 0.15) is 16.4 Å². The minimum atomic E-state index is -3.94. The molecule has 164 valence electrons. The molecule has 0 radical (unpaired) electrons. The van der Waals surface area contributed by atoms with Crippen molar-refractivity contribution in [2.75, 3.05) is 7.11 Å². The number of nitrogens with zero attached hydrogens (tertiary/aromatic N) is 1. The van der Waals surface area contributed by atoms with Gasteiger partial charge in [0.05, 0.1) is 7.11 Å². The molecule has 0 unspecified atom stereocenters. The third kappa shape index (κ3) is 6.49. The zero-order valence-electron chi connectivity index (χ0n) is 18.3. The molecule has 0 saturated carbocycles. The number of amides is 1. The number of ether oxygens (including phenoxy) is 1. The standard InChI is InChI=1S/C23H31NO5S/c1-6-18(4)24(23(25)15-17(2)3)16-19-7-9-21(10-8-19)29-30(26,27)22-13-11-20(28-5)12-14-22/h7-14,17-18H,6,15-16H2,1-5H3/t18-/m1/s1. The van der Waals surface area contributed by atoms with Crippen LogP contribution in [0.4, 0.5) is 0 Å². The van der Waals surface area contributed by atoms with Crippen molar-refractivity contribution in [2.24, 2.45) is 5.92 Å². The smallest absolute Gasteiger partial charge is 0.339 e. The summed E-state index contributed by atoms with van der Waals surface area (Å²) in [6.07, 6.45) is 1.37. The second-order valence-electron chi connectivity index (χ2n) is 7.73. The van der Waals surface area contributed by atoms with Crippen molar-refractivity contribution in [3.05, 3.63) is 54.1 Å². The molecule has 2 rings (SSSR count). The molecule has 0 aliphatic carbocycles. The van der Waals surface area contributed by atoms with Crippen LogP contribution in [-0.2, 0) is 21.5 Å². The predicted octanol–water partition coefficient (Wildman–Crippen LogP) is 4.64. The van der Waals surface area contributed by atoms with Crippen LogP contribution < -0.4 is 8.92 Å². The Bertz CT molecular complexity index is 921. The lowest BCUT2D eigenvalue weighted by Crippen LogP contribution is -2.38. The van der Waals surface area contributed by atoms with Crippen LogP contribution in [0.2, 0.25) is 0 Å². The van der Waals surface area contributed by atoms with Gasteiger partial charge < -0.3 is 13.8 Å². The van der Waals surface area contributed by atoms with E-state index in [0.29, 0.717) is 24.6 Å². The second kappa shape index (κ2) is 10.5. The number of carbonyl (C=O) groups is 1. The van der Waals surface area contributed by atoms with E-state index >= 15 is 0 Å². The maximum Gasteiger partial charge on any atom is 0.339 e. The highest BCUT2D eigenvalue weighted by Gasteiger charge is 2.21. The first-order valence-electron chi connectivity index (χ1n) is 10.1. The van der Waals surface area contributed by atoms with Crippen LogP contribution in [-0.4, -0.2) is 32.4 Å². The van der Waals surface area contributed by atoms with Crippen LogP contribution in [0.25, 0.3) is 0 Å². The normalized spacial score (nSPS) is 12.5. The predicted molar refractivity (Wildman–Crippen MR) is 117 cm³/mol. The van der Waals surface area contributed by atoms with E-state index in [1.54, 1.807) is 36.4 Å². The fourth-order valence-electron chi connectivity index (χ4n) is 2.94. The minimum Gasteiger partial charge on any atom is -0.497 e. The van der Waals surface area contributed by atoms with E-state index in [9.17, 15) is 13.2 Å². The summed E-state index contributed by atoms with van der Waals surface area (Å²) in [7, 11) is -2.42. The molecule has 2 aromatic rings. The summed E-state index contributed by atoms with van der Waals surface area (Å²) in [5, 5.41) is 0. The van der Waals surface area contributed by atoms with Crippen LogP contribution in [0.1, 0.15) is 46.1 Å². The lowest BCUT2D eigenvalue weighted by Gasteiger charge is -2.29. The van der Waals surface area contributed by atoms with Crippen molar-refractivity contribution in [3.8, 4) is 11.5 Å². The highest BCUT2D eigenvalue weighted by Crippen LogP contribution is 2.22. The summed E-state index contributed by atoms with van der Waals surface area (Å²) in [6, 6.07) is 12.9. The Morgan fingerprint density at radius 3 is 2.03 bits per heavy atom. The third-order valence-corrected chi connectivity index (χ3v) is 6.12. The van der Waals surface area contributed by atoms with Crippen LogP contribution in [0.15, 0.2) is 53.4 Å². The van der Waals surface area contributed by atoms with Gasteiger partial charge in [-0.1, -0.05) is 32.9 Å². The first-order valence-corrected chi connectivity index (χ1v) is 11.5. The third-order valence-electron chi connectivity index (χ3n) is 4.86. The van der Waals surface area contributed by atoms with Gasteiger partial charge in [0.15, 0.2) is 0 Å². The van der Waals surface area contributed by atoms with Crippen LogP contribution >= 0.6 is 0 Å². The maximum absolute atomic E-state index is 12.6. The minimum absolute atomic E-state index is 0.0506. The molecular formula is C23H31NO5S. The fraction of sp³-hybridized carbons (Fsp3) is 0.435. The van der Waals surface area contributed by atoms with E-state index in [0.717, 1.165) is 12.0 Å². The Morgan fingerprint density at radius 2 is 1.53 bits per heavy atom. The highest BCUT2D eigenvalue weighted by molar-refractivity contribution is 7.87. The summed E-state index contributed by atoms with van der Waals surface area (Å²) in [5.41, 5.74) is 0.918. The Kier molecular flexibility index (Phi) is 8.29. The molecule has 30 heavy (non-hydrogen) atoms. The molecule has 0 saturated heterocycles. The molecule has 0 bridgehead atoms. The summed E-state index contributed by atoms with van der Waals surface area (Å²) in [4.78, 5) is 14.6. The molecule has 1 amide bonds. The zero-order chi connectivity index (χ0) is 22.3. The number of hydrogen-bond acceptors (Lipinski definition) is 5.